The molecule has 0 spiro atoms. The summed E-state index contributed by atoms with van der Waals surface area (Å²) in [7, 11) is 0. The number of hydrogen-bond donors (Lipinski definition) is 1. The molecule has 14 heavy (non-hydrogen) atoms. The monoisotopic (exact) mass is 305 g/mol. The summed E-state index contributed by atoms with van der Waals surface area (Å²) in [5.74, 6) is 0.858. The van der Waals surface area contributed by atoms with E-state index in [4.69, 9.17) is 0 Å². The largest absolute Gasteiger partial charge is 0.240 e. The summed E-state index contributed by atoms with van der Waals surface area (Å²) < 4.78 is 1.15. The predicted molar refractivity (Wildman–Crippen MR) is 70.7 cm³/mol. The number of rotatable bonds is 3. The van der Waals surface area contributed by atoms with Crippen LogP contribution in [0.1, 0.15) is 5.69 Å². The lowest BCUT2D eigenvalue weighted by Crippen LogP contribution is -1.84. The molecular formula is C9H8BrNS3. The van der Waals surface area contributed by atoms with Gasteiger partial charge in [0.1, 0.15) is 5.01 Å². The SMILES string of the molecule is SCCc1csc(-c2ccc(Br)s2)n1. The van der Waals surface area contributed by atoms with E-state index in [1.165, 1.54) is 4.88 Å². The molecule has 0 unspecified atom stereocenters. The molecule has 0 aliphatic heterocycles. The second kappa shape index (κ2) is 4.79. The van der Waals surface area contributed by atoms with Crippen LogP contribution in [0.2, 0.25) is 0 Å². The summed E-state index contributed by atoms with van der Waals surface area (Å²) in [6, 6.07) is 4.15. The zero-order valence-electron chi connectivity index (χ0n) is 7.24. The van der Waals surface area contributed by atoms with Crippen molar-refractivity contribution in [2.24, 2.45) is 0 Å². The van der Waals surface area contributed by atoms with Crippen molar-refractivity contribution < 1.29 is 0 Å². The Balaban J connectivity index is 2.24. The quantitative estimate of drug-likeness (QED) is 0.842. The number of aryl methyl sites for hydroxylation is 1. The lowest BCUT2D eigenvalue weighted by molar-refractivity contribution is 1.08. The van der Waals surface area contributed by atoms with Crippen molar-refractivity contribution >= 4 is 51.2 Å². The van der Waals surface area contributed by atoms with E-state index >= 15 is 0 Å². The summed E-state index contributed by atoms with van der Waals surface area (Å²) >= 11 is 11.1. The van der Waals surface area contributed by atoms with E-state index in [-0.39, 0.29) is 0 Å². The Hall–Kier alpha value is 0.160. The zero-order chi connectivity index (χ0) is 9.97. The van der Waals surface area contributed by atoms with Crippen LogP contribution in [0.15, 0.2) is 21.3 Å². The summed E-state index contributed by atoms with van der Waals surface area (Å²) in [4.78, 5) is 5.77. The van der Waals surface area contributed by atoms with Gasteiger partial charge in [0, 0.05) is 5.38 Å². The maximum atomic E-state index is 4.54. The summed E-state index contributed by atoms with van der Waals surface area (Å²) in [6.07, 6.45) is 0.951. The Morgan fingerprint density at radius 3 is 2.93 bits per heavy atom. The van der Waals surface area contributed by atoms with Gasteiger partial charge in [-0.05, 0) is 40.2 Å². The summed E-state index contributed by atoms with van der Waals surface area (Å²) in [5, 5.41) is 3.22. The van der Waals surface area contributed by atoms with Crippen molar-refractivity contribution in [1.82, 2.24) is 4.98 Å². The van der Waals surface area contributed by atoms with Crippen LogP contribution in [0.5, 0.6) is 0 Å². The number of thiol groups is 1. The molecule has 2 aromatic heterocycles. The number of aromatic nitrogens is 1. The highest BCUT2D eigenvalue weighted by molar-refractivity contribution is 9.11. The maximum absolute atomic E-state index is 4.54. The van der Waals surface area contributed by atoms with E-state index in [9.17, 15) is 0 Å². The Kier molecular flexibility index (Phi) is 3.65. The highest BCUT2D eigenvalue weighted by Crippen LogP contribution is 2.33. The first-order valence-corrected chi connectivity index (χ1v) is 7.23. The third-order valence-electron chi connectivity index (χ3n) is 1.70. The van der Waals surface area contributed by atoms with E-state index in [1.54, 1.807) is 22.7 Å². The first kappa shape index (κ1) is 10.7. The van der Waals surface area contributed by atoms with Gasteiger partial charge in [-0.15, -0.1) is 22.7 Å². The van der Waals surface area contributed by atoms with Crippen molar-refractivity contribution in [3.05, 3.63) is 27.0 Å². The minimum absolute atomic E-state index is 0.858. The molecule has 0 saturated heterocycles. The highest BCUT2D eigenvalue weighted by Gasteiger charge is 2.06. The third-order valence-corrected chi connectivity index (χ3v) is 4.61. The molecule has 5 heteroatoms. The van der Waals surface area contributed by atoms with Crippen LogP contribution < -0.4 is 0 Å². The molecule has 74 valence electrons. The second-order valence-corrected chi connectivity index (χ2v) is 6.49. The Morgan fingerprint density at radius 1 is 1.43 bits per heavy atom. The molecule has 0 amide bonds. The van der Waals surface area contributed by atoms with Crippen LogP contribution in [0, 0.1) is 0 Å². The lowest BCUT2D eigenvalue weighted by Gasteiger charge is -1.89. The fourth-order valence-corrected chi connectivity index (χ4v) is 3.62. The number of hydrogen-bond acceptors (Lipinski definition) is 4. The molecule has 0 aromatic carbocycles. The van der Waals surface area contributed by atoms with Crippen LogP contribution in [-0.2, 0) is 6.42 Å². The van der Waals surface area contributed by atoms with Crippen molar-refractivity contribution in [3.63, 3.8) is 0 Å². The summed E-state index contributed by atoms with van der Waals surface area (Å²) in [6.45, 7) is 0. The minimum Gasteiger partial charge on any atom is -0.240 e. The van der Waals surface area contributed by atoms with Crippen LogP contribution in [0.3, 0.4) is 0 Å². The molecule has 1 nitrogen and oxygen atoms in total. The van der Waals surface area contributed by atoms with E-state index in [0.717, 1.165) is 26.7 Å². The molecule has 0 fully saturated rings. The van der Waals surface area contributed by atoms with Gasteiger partial charge >= 0.3 is 0 Å². The number of halogens is 1. The van der Waals surface area contributed by atoms with Crippen LogP contribution in [0.4, 0.5) is 0 Å². The number of thiophene rings is 1. The first-order valence-electron chi connectivity index (χ1n) is 4.10. The normalized spacial score (nSPS) is 10.7. The Labute approximate surface area is 105 Å². The van der Waals surface area contributed by atoms with Crippen LogP contribution in [0.25, 0.3) is 9.88 Å². The average Bonchev–Trinajstić information content (AvgIpc) is 2.74. The molecule has 0 aliphatic rings. The first-order chi connectivity index (χ1) is 6.79. The lowest BCUT2D eigenvalue weighted by atomic mass is 10.4. The molecule has 0 bridgehead atoms. The number of nitrogens with zero attached hydrogens (tertiary/aromatic N) is 1. The predicted octanol–water partition coefficient (Wildman–Crippen LogP) is 4.11. The van der Waals surface area contributed by atoms with E-state index in [0.29, 0.717) is 0 Å². The fourth-order valence-electron chi connectivity index (χ4n) is 1.08. The molecule has 2 rings (SSSR count). The van der Waals surface area contributed by atoms with Gasteiger partial charge in [-0.1, -0.05) is 0 Å². The van der Waals surface area contributed by atoms with Crippen LogP contribution in [-0.4, -0.2) is 10.7 Å². The summed E-state index contributed by atoms with van der Waals surface area (Å²) in [5.41, 5.74) is 1.14. The Bertz CT molecular complexity index is 421. The molecule has 0 radical (unpaired) electrons. The molecule has 0 aliphatic carbocycles. The molecule has 0 saturated carbocycles. The van der Waals surface area contributed by atoms with Gasteiger partial charge in [-0.3, -0.25) is 0 Å². The van der Waals surface area contributed by atoms with E-state index in [2.05, 4.69) is 51.1 Å². The number of thiazole rings is 1. The van der Waals surface area contributed by atoms with Gasteiger partial charge in [0.05, 0.1) is 14.4 Å². The van der Waals surface area contributed by atoms with Crippen molar-refractivity contribution in [2.45, 2.75) is 6.42 Å². The van der Waals surface area contributed by atoms with Crippen molar-refractivity contribution in [3.8, 4) is 9.88 Å². The highest BCUT2D eigenvalue weighted by atomic mass is 79.9. The van der Waals surface area contributed by atoms with Gasteiger partial charge in [0.25, 0.3) is 0 Å². The Morgan fingerprint density at radius 2 is 2.29 bits per heavy atom. The fraction of sp³-hybridized carbons (Fsp3) is 0.222. The van der Waals surface area contributed by atoms with Gasteiger partial charge in [-0.25, -0.2) is 4.98 Å². The minimum atomic E-state index is 0.858. The smallest absolute Gasteiger partial charge is 0.133 e. The molecular weight excluding hydrogens is 298 g/mol. The molecule has 2 heterocycles. The topological polar surface area (TPSA) is 12.9 Å². The van der Waals surface area contributed by atoms with Gasteiger partial charge < -0.3 is 0 Å². The zero-order valence-corrected chi connectivity index (χ0v) is 11.3. The third kappa shape index (κ3) is 2.39. The van der Waals surface area contributed by atoms with Gasteiger partial charge in [0.2, 0.25) is 0 Å². The van der Waals surface area contributed by atoms with Crippen molar-refractivity contribution in [1.29, 1.82) is 0 Å². The van der Waals surface area contributed by atoms with E-state index in [1.807, 2.05) is 0 Å². The average molecular weight is 306 g/mol. The maximum Gasteiger partial charge on any atom is 0.133 e. The van der Waals surface area contributed by atoms with Gasteiger partial charge in [-0.2, -0.15) is 12.6 Å². The molecule has 0 N–H and O–H groups in total. The second-order valence-electron chi connectivity index (χ2n) is 2.72. The van der Waals surface area contributed by atoms with Crippen LogP contribution >= 0.6 is 51.2 Å². The molecule has 2 aromatic rings. The molecule has 0 atom stereocenters. The van der Waals surface area contributed by atoms with E-state index < -0.39 is 0 Å². The standard InChI is InChI=1S/C9H8BrNS3/c10-8-2-1-7(14-8)9-11-6(3-4-12)5-13-9/h1-2,5,12H,3-4H2. The van der Waals surface area contributed by atoms with Gasteiger partial charge in [0.15, 0.2) is 0 Å². The van der Waals surface area contributed by atoms with Crippen molar-refractivity contribution in [2.75, 3.05) is 5.75 Å².